The molecule has 0 spiro atoms. The zero-order valence-corrected chi connectivity index (χ0v) is 15.4. The van der Waals surface area contributed by atoms with E-state index in [0.29, 0.717) is 19.1 Å². The van der Waals surface area contributed by atoms with Crippen molar-refractivity contribution >= 4 is 11.0 Å². The molecule has 4 aromatic rings. The lowest BCUT2D eigenvalue weighted by atomic mass is 10.1. The first-order chi connectivity index (χ1) is 13.2. The molecule has 0 N–H and O–H groups in total. The number of hydrogen-bond acceptors (Lipinski definition) is 5. The van der Waals surface area contributed by atoms with E-state index in [2.05, 4.69) is 18.1 Å². The molecule has 2 aromatic heterocycles. The van der Waals surface area contributed by atoms with Crippen LogP contribution in [-0.4, -0.2) is 21.7 Å². The molecular formula is C21H21N3O3. The van der Waals surface area contributed by atoms with Crippen molar-refractivity contribution in [1.29, 1.82) is 0 Å². The molecule has 2 aromatic carbocycles. The summed E-state index contributed by atoms with van der Waals surface area (Å²) in [6.45, 7) is 3.06. The van der Waals surface area contributed by atoms with Crippen LogP contribution in [-0.2, 0) is 19.6 Å². The van der Waals surface area contributed by atoms with E-state index in [1.807, 2.05) is 60.5 Å². The van der Waals surface area contributed by atoms with Gasteiger partial charge in [-0.05, 0) is 25.2 Å². The second-order valence-electron chi connectivity index (χ2n) is 6.55. The predicted octanol–water partition coefficient (Wildman–Crippen LogP) is 3.90. The van der Waals surface area contributed by atoms with Crippen LogP contribution in [0.4, 0.5) is 0 Å². The number of rotatable bonds is 6. The molecule has 0 radical (unpaired) electrons. The van der Waals surface area contributed by atoms with E-state index in [0.717, 1.165) is 34.3 Å². The van der Waals surface area contributed by atoms with Crippen molar-refractivity contribution in [3.8, 4) is 11.5 Å². The standard InChI is InChI=1S/C21H21N3O3/c1-3-18-17(16-11-7-8-12-19(16)26-18)13-23(2)14-24-21(25)27-20(22-24)15-9-5-4-6-10-15/h4-12H,3,13-14H2,1-2H3. The van der Waals surface area contributed by atoms with Crippen LogP contribution in [0.5, 0.6) is 0 Å². The first kappa shape index (κ1) is 17.3. The quantitative estimate of drug-likeness (QED) is 0.520. The molecule has 0 amide bonds. The SMILES string of the molecule is CCc1oc2ccccc2c1CN(C)Cn1nc(-c2ccccc2)oc1=O. The monoisotopic (exact) mass is 363 g/mol. The molecule has 138 valence electrons. The summed E-state index contributed by atoms with van der Waals surface area (Å²) in [4.78, 5) is 14.2. The van der Waals surface area contributed by atoms with Crippen LogP contribution >= 0.6 is 0 Å². The van der Waals surface area contributed by atoms with Gasteiger partial charge in [-0.3, -0.25) is 4.90 Å². The summed E-state index contributed by atoms with van der Waals surface area (Å²) >= 11 is 0. The molecule has 0 aliphatic rings. The Morgan fingerprint density at radius 2 is 1.78 bits per heavy atom. The van der Waals surface area contributed by atoms with E-state index >= 15 is 0 Å². The fourth-order valence-corrected chi connectivity index (χ4v) is 3.25. The number of para-hydroxylation sites is 1. The molecule has 2 heterocycles. The third-order valence-electron chi connectivity index (χ3n) is 4.53. The lowest BCUT2D eigenvalue weighted by molar-refractivity contribution is 0.236. The fourth-order valence-electron chi connectivity index (χ4n) is 3.25. The Bertz CT molecular complexity index is 1110. The molecule has 0 atom stereocenters. The van der Waals surface area contributed by atoms with E-state index in [-0.39, 0.29) is 0 Å². The molecule has 0 bridgehead atoms. The van der Waals surface area contributed by atoms with Crippen molar-refractivity contribution in [3.63, 3.8) is 0 Å². The number of aryl methyl sites for hydroxylation is 1. The van der Waals surface area contributed by atoms with Gasteiger partial charge in [0.05, 0.1) is 0 Å². The maximum atomic E-state index is 12.2. The van der Waals surface area contributed by atoms with Gasteiger partial charge in [0.1, 0.15) is 18.0 Å². The molecule has 0 saturated carbocycles. The molecule has 6 heteroatoms. The largest absolute Gasteiger partial charge is 0.461 e. The van der Waals surface area contributed by atoms with Gasteiger partial charge < -0.3 is 8.83 Å². The van der Waals surface area contributed by atoms with Gasteiger partial charge in [0, 0.05) is 29.5 Å². The van der Waals surface area contributed by atoms with Crippen molar-refractivity contribution in [2.75, 3.05) is 7.05 Å². The van der Waals surface area contributed by atoms with Gasteiger partial charge in [0.25, 0.3) is 0 Å². The molecular weight excluding hydrogens is 342 g/mol. The van der Waals surface area contributed by atoms with Crippen molar-refractivity contribution < 1.29 is 8.83 Å². The molecule has 0 aliphatic heterocycles. The van der Waals surface area contributed by atoms with E-state index in [4.69, 9.17) is 8.83 Å². The highest BCUT2D eigenvalue weighted by Gasteiger charge is 2.16. The highest BCUT2D eigenvalue weighted by Crippen LogP contribution is 2.27. The Hall–Kier alpha value is -3.12. The highest BCUT2D eigenvalue weighted by molar-refractivity contribution is 5.82. The second kappa shape index (κ2) is 7.25. The van der Waals surface area contributed by atoms with Gasteiger partial charge in [-0.15, -0.1) is 5.10 Å². The predicted molar refractivity (Wildman–Crippen MR) is 103 cm³/mol. The number of nitrogens with zero attached hydrogens (tertiary/aromatic N) is 3. The van der Waals surface area contributed by atoms with Crippen molar-refractivity contribution in [2.24, 2.45) is 0 Å². The zero-order chi connectivity index (χ0) is 18.8. The summed E-state index contributed by atoms with van der Waals surface area (Å²) in [7, 11) is 1.95. The van der Waals surface area contributed by atoms with E-state index < -0.39 is 5.76 Å². The summed E-state index contributed by atoms with van der Waals surface area (Å²) in [5.41, 5.74) is 2.82. The smallest absolute Gasteiger partial charge is 0.438 e. The first-order valence-corrected chi connectivity index (χ1v) is 8.97. The van der Waals surface area contributed by atoms with Crippen LogP contribution < -0.4 is 5.76 Å². The Kier molecular flexibility index (Phi) is 4.64. The molecule has 0 aliphatic carbocycles. The number of aromatic nitrogens is 2. The van der Waals surface area contributed by atoms with Gasteiger partial charge in [-0.25, -0.2) is 4.79 Å². The maximum absolute atomic E-state index is 12.2. The molecule has 0 fully saturated rings. The zero-order valence-electron chi connectivity index (χ0n) is 15.4. The number of fused-ring (bicyclic) bond motifs is 1. The minimum Gasteiger partial charge on any atom is -0.461 e. The Morgan fingerprint density at radius 1 is 1.04 bits per heavy atom. The van der Waals surface area contributed by atoms with E-state index in [1.165, 1.54) is 4.68 Å². The second-order valence-corrected chi connectivity index (χ2v) is 6.55. The maximum Gasteiger partial charge on any atom is 0.438 e. The van der Waals surface area contributed by atoms with Crippen LogP contribution in [0.1, 0.15) is 18.2 Å². The van der Waals surface area contributed by atoms with Crippen LogP contribution in [0.25, 0.3) is 22.4 Å². The lowest BCUT2D eigenvalue weighted by Crippen LogP contribution is -2.28. The number of hydrogen-bond donors (Lipinski definition) is 0. The van der Waals surface area contributed by atoms with E-state index in [1.54, 1.807) is 0 Å². The number of benzene rings is 2. The minimum absolute atomic E-state index is 0.331. The molecule has 27 heavy (non-hydrogen) atoms. The minimum atomic E-state index is -0.464. The van der Waals surface area contributed by atoms with Gasteiger partial charge in [0.15, 0.2) is 0 Å². The molecule has 4 rings (SSSR count). The average Bonchev–Trinajstić information content (AvgIpc) is 3.23. The third kappa shape index (κ3) is 3.44. The average molecular weight is 363 g/mol. The summed E-state index contributed by atoms with van der Waals surface area (Å²) in [5.74, 6) is 0.839. The Labute approximate surface area is 156 Å². The summed E-state index contributed by atoms with van der Waals surface area (Å²) in [6, 6.07) is 17.4. The summed E-state index contributed by atoms with van der Waals surface area (Å²) < 4.78 is 12.6. The fraction of sp³-hybridized carbons (Fsp3) is 0.238. The normalized spacial score (nSPS) is 11.5. The van der Waals surface area contributed by atoms with Gasteiger partial charge >= 0.3 is 5.76 Å². The van der Waals surface area contributed by atoms with Gasteiger partial charge in [-0.1, -0.05) is 43.3 Å². The molecule has 0 saturated heterocycles. The first-order valence-electron chi connectivity index (χ1n) is 8.97. The lowest BCUT2D eigenvalue weighted by Gasteiger charge is -2.15. The molecule has 0 unspecified atom stereocenters. The van der Waals surface area contributed by atoms with Gasteiger partial charge in [0.2, 0.25) is 5.89 Å². The van der Waals surface area contributed by atoms with Crippen LogP contribution in [0.3, 0.4) is 0 Å². The van der Waals surface area contributed by atoms with Crippen molar-refractivity contribution in [3.05, 3.63) is 76.5 Å². The van der Waals surface area contributed by atoms with Crippen molar-refractivity contribution in [1.82, 2.24) is 14.7 Å². The van der Waals surface area contributed by atoms with Crippen LogP contribution in [0.2, 0.25) is 0 Å². The summed E-state index contributed by atoms with van der Waals surface area (Å²) in [6.07, 6.45) is 0.819. The topological polar surface area (TPSA) is 64.4 Å². The number of furan rings is 1. The van der Waals surface area contributed by atoms with Crippen LogP contribution in [0.15, 0.2) is 68.2 Å². The van der Waals surface area contributed by atoms with E-state index in [9.17, 15) is 4.79 Å². The van der Waals surface area contributed by atoms with Gasteiger partial charge in [-0.2, -0.15) is 4.68 Å². The third-order valence-corrected chi connectivity index (χ3v) is 4.53. The molecule has 6 nitrogen and oxygen atoms in total. The Balaban J connectivity index is 1.56. The summed E-state index contributed by atoms with van der Waals surface area (Å²) in [5, 5.41) is 5.44. The van der Waals surface area contributed by atoms with Crippen LogP contribution in [0, 0.1) is 0 Å². The van der Waals surface area contributed by atoms with Crippen molar-refractivity contribution in [2.45, 2.75) is 26.6 Å². The highest BCUT2D eigenvalue weighted by atomic mass is 16.4. The Morgan fingerprint density at radius 3 is 2.56 bits per heavy atom.